The van der Waals surface area contributed by atoms with Gasteiger partial charge < -0.3 is 4.74 Å². The highest BCUT2D eigenvalue weighted by Crippen LogP contribution is 2.22. The number of esters is 1. The van der Waals surface area contributed by atoms with Gasteiger partial charge in [0, 0.05) is 6.20 Å². The van der Waals surface area contributed by atoms with E-state index in [2.05, 4.69) is 9.97 Å². The van der Waals surface area contributed by atoms with Crippen molar-refractivity contribution < 1.29 is 9.53 Å². The smallest absolute Gasteiger partial charge is 0.357 e. The number of ether oxygens (including phenoxy) is 1. The third kappa shape index (κ3) is 2.61. The van der Waals surface area contributed by atoms with E-state index in [4.69, 9.17) is 4.74 Å². The fraction of sp³-hybridized carbons (Fsp3) is 0.0714. The number of hydrogen-bond donors (Lipinski definition) is 0. The van der Waals surface area contributed by atoms with E-state index >= 15 is 0 Å². The van der Waals surface area contributed by atoms with E-state index in [9.17, 15) is 4.79 Å². The monoisotopic (exact) mass is 270 g/mol. The number of benzene rings is 1. The van der Waals surface area contributed by atoms with Crippen LogP contribution in [0.15, 0.2) is 48.7 Å². The molecule has 0 bridgehead atoms. The maximum absolute atomic E-state index is 11.7. The summed E-state index contributed by atoms with van der Waals surface area (Å²) in [6.45, 7) is 0.175. The number of carbonyl (C=O) groups is 1. The minimum absolute atomic E-state index is 0.175. The zero-order chi connectivity index (χ0) is 13.1. The van der Waals surface area contributed by atoms with Crippen LogP contribution in [0.4, 0.5) is 0 Å². The molecule has 0 fully saturated rings. The van der Waals surface area contributed by atoms with Crippen molar-refractivity contribution in [2.24, 2.45) is 0 Å². The summed E-state index contributed by atoms with van der Waals surface area (Å²) in [4.78, 5) is 20.1. The minimum atomic E-state index is -0.431. The third-order valence-electron chi connectivity index (χ3n) is 2.54. The summed E-state index contributed by atoms with van der Waals surface area (Å²) < 4.78 is 6.28. The number of para-hydroxylation sites is 1. The lowest BCUT2D eigenvalue weighted by Gasteiger charge is -2.00. The molecule has 0 amide bonds. The number of nitrogens with zero attached hydrogens (tertiary/aromatic N) is 2. The molecule has 0 aliphatic heterocycles. The first-order valence-electron chi connectivity index (χ1n) is 5.75. The molecule has 19 heavy (non-hydrogen) atoms. The van der Waals surface area contributed by atoms with Crippen molar-refractivity contribution in [3.63, 3.8) is 0 Å². The second kappa shape index (κ2) is 5.16. The lowest BCUT2D eigenvalue weighted by Crippen LogP contribution is -2.06. The summed E-state index contributed by atoms with van der Waals surface area (Å²) >= 11 is 1.53. The van der Waals surface area contributed by atoms with Gasteiger partial charge in [0.2, 0.25) is 0 Å². The van der Waals surface area contributed by atoms with Crippen LogP contribution in [0.25, 0.3) is 10.2 Å². The molecule has 3 rings (SSSR count). The van der Waals surface area contributed by atoms with Crippen LogP contribution in [0.1, 0.15) is 15.5 Å². The summed E-state index contributed by atoms with van der Waals surface area (Å²) in [5.41, 5.74) is 1.24. The fourth-order valence-electron chi connectivity index (χ4n) is 1.67. The highest BCUT2D eigenvalue weighted by Gasteiger charge is 2.10. The molecule has 0 saturated carbocycles. The molecule has 0 aliphatic rings. The van der Waals surface area contributed by atoms with Gasteiger partial charge in [-0.3, -0.25) is 0 Å². The fourth-order valence-corrected chi connectivity index (χ4v) is 2.55. The molecular weight excluding hydrogens is 260 g/mol. The zero-order valence-electron chi connectivity index (χ0n) is 9.95. The molecule has 0 spiro atoms. The largest absolute Gasteiger partial charge is 0.454 e. The Morgan fingerprint density at radius 2 is 2.00 bits per heavy atom. The second-order valence-corrected chi connectivity index (χ2v) is 4.98. The van der Waals surface area contributed by atoms with E-state index < -0.39 is 5.97 Å². The van der Waals surface area contributed by atoms with Gasteiger partial charge in [0.1, 0.15) is 17.3 Å². The van der Waals surface area contributed by atoms with E-state index in [1.807, 2.05) is 24.3 Å². The predicted molar refractivity (Wildman–Crippen MR) is 73.0 cm³/mol. The maximum Gasteiger partial charge on any atom is 0.357 e. The first-order chi connectivity index (χ1) is 9.33. The van der Waals surface area contributed by atoms with Gasteiger partial charge in [-0.15, -0.1) is 11.3 Å². The van der Waals surface area contributed by atoms with Crippen molar-refractivity contribution in [3.05, 3.63) is 59.4 Å². The molecule has 5 heteroatoms. The highest BCUT2D eigenvalue weighted by atomic mass is 32.1. The van der Waals surface area contributed by atoms with Crippen LogP contribution in [0.2, 0.25) is 0 Å². The summed E-state index contributed by atoms with van der Waals surface area (Å²) in [5.74, 6) is -0.431. The number of aromatic nitrogens is 2. The van der Waals surface area contributed by atoms with Crippen LogP contribution in [-0.2, 0) is 11.3 Å². The first kappa shape index (κ1) is 11.8. The molecule has 0 saturated heterocycles. The van der Waals surface area contributed by atoms with Crippen LogP contribution in [0, 0.1) is 0 Å². The maximum atomic E-state index is 11.7. The lowest BCUT2D eigenvalue weighted by molar-refractivity contribution is 0.0465. The van der Waals surface area contributed by atoms with Gasteiger partial charge in [-0.2, -0.15) is 0 Å². The van der Waals surface area contributed by atoms with Gasteiger partial charge in [-0.1, -0.05) is 18.2 Å². The van der Waals surface area contributed by atoms with Crippen molar-refractivity contribution >= 4 is 27.5 Å². The van der Waals surface area contributed by atoms with Crippen molar-refractivity contribution in [2.45, 2.75) is 6.61 Å². The van der Waals surface area contributed by atoms with Crippen LogP contribution < -0.4 is 0 Å². The molecule has 0 aliphatic carbocycles. The van der Waals surface area contributed by atoms with Gasteiger partial charge in [0.15, 0.2) is 0 Å². The number of hydrogen-bond acceptors (Lipinski definition) is 5. The van der Waals surface area contributed by atoms with Crippen molar-refractivity contribution in [3.8, 4) is 0 Å². The Labute approximate surface area is 113 Å². The normalized spacial score (nSPS) is 10.5. The molecule has 4 nitrogen and oxygen atoms in total. The number of rotatable bonds is 3. The van der Waals surface area contributed by atoms with Crippen molar-refractivity contribution in [1.82, 2.24) is 9.97 Å². The first-order valence-corrected chi connectivity index (χ1v) is 6.57. The van der Waals surface area contributed by atoms with Gasteiger partial charge in [-0.05, 0) is 24.3 Å². The molecule has 1 aromatic carbocycles. The topological polar surface area (TPSA) is 52.1 Å². The Morgan fingerprint density at radius 3 is 2.79 bits per heavy atom. The Balaban J connectivity index is 1.71. The molecule has 0 atom stereocenters. The van der Waals surface area contributed by atoms with Crippen LogP contribution in [-0.4, -0.2) is 15.9 Å². The Morgan fingerprint density at radius 1 is 1.16 bits per heavy atom. The van der Waals surface area contributed by atoms with Gasteiger partial charge in [0.25, 0.3) is 0 Å². The lowest BCUT2D eigenvalue weighted by atomic mass is 10.3. The van der Waals surface area contributed by atoms with Crippen molar-refractivity contribution in [1.29, 1.82) is 0 Å². The summed E-state index contributed by atoms with van der Waals surface area (Å²) in [6, 6.07) is 13.0. The highest BCUT2D eigenvalue weighted by molar-refractivity contribution is 7.18. The molecule has 2 aromatic heterocycles. The molecule has 3 aromatic rings. The van der Waals surface area contributed by atoms with Crippen LogP contribution in [0.5, 0.6) is 0 Å². The van der Waals surface area contributed by atoms with E-state index in [-0.39, 0.29) is 6.61 Å². The standard InChI is InChI=1S/C14H10N2O2S/c17-14(11-6-3-4-8-15-11)18-9-13-16-10-5-1-2-7-12(10)19-13/h1-8H,9H2. The molecule has 0 N–H and O–H groups in total. The van der Waals surface area contributed by atoms with Gasteiger partial charge >= 0.3 is 5.97 Å². The van der Waals surface area contributed by atoms with E-state index in [0.29, 0.717) is 5.69 Å². The Kier molecular flexibility index (Phi) is 3.20. The number of carbonyl (C=O) groups excluding carboxylic acids is 1. The number of fused-ring (bicyclic) bond motifs is 1. The quantitative estimate of drug-likeness (QED) is 0.686. The number of pyridine rings is 1. The third-order valence-corrected chi connectivity index (χ3v) is 3.55. The average molecular weight is 270 g/mol. The summed E-state index contributed by atoms with van der Waals surface area (Å²) in [7, 11) is 0. The summed E-state index contributed by atoms with van der Waals surface area (Å²) in [5, 5.41) is 0.783. The predicted octanol–water partition coefficient (Wildman–Crippen LogP) is 3.05. The molecule has 0 radical (unpaired) electrons. The number of thiazole rings is 1. The second-order valence-electron chi connectivity index (χ2n) is 3.87. The molecule has 94 valence electrons. The molecule has 0 unspecified atom stereocenters. The zero-order valence-corrected chi connectivity index (χ0v) is 10.8. The molecule has 2 heterocycles. The summed E-state index contributed by atoms with van der Waals surface area (Å²) in [6.07, 6.45) is 1.56. The average Bonchev–Trinajstić information content (AvgIpc) is 2.88. The van der Waals surface area contributed by atoms with E-state index in [1.165, 1.54) is 11.3 Å². The molecular formula is C14H10N2O2S. The van der Waals surface area contributed by atoms with E-state index in [0.717, 1.165) is 15.2 Å². The van der Waals surface area contributed by atoms with Crippen LogP contribution >= 0.6 is 11.3 Å². The van der Waals surface area contributed by atoms with Crippen LogP contribution in [0.3, 0.4) is 0 Å². The van der Waals surface area contributed by atoms with E-state index in [1.54, 1.807) is 24.4 Å². The van der Waals surface area contributed by atoms with Gasteiger partial charge in [0.05, 0.1) is 10.2 Å². The Bertz CT molecular complexity index is 677. The van der Waals surface area contributed by atoms with Crippen molar-refractivity contribution in [2.75, 3.05) is 0 Å². The Hall–Kier alpha value is -2.27. The SMILES string of the molecule is O=C(OCc1nc2ccccc2s1)c1ccccn1. The van der Waals surface area contributed by atoms with Gasteiger partial charge in [-0.25, -0.2) is 14.8 Å². The minimum Gasteiger partial charge on any atom is -0.454 e.